The zero-order valence-electron chi connectivity index (χ0n) is 15.7. The van der Waals surface area contributed by atoms with Crippen LogP contribution in [0.4, 0.5) is 0 Å². The molecule has 0 atom stereocenters. The Bertz CT molecular complexity index is 835. The molecule has 0 saturated heterocycles. The highest BCUT2D eigenvalue weighted by Gasteiger charge is 2.10. The second kappa shape index (κ2) is 10.7. The summed E-state index contributed by atoms with van der Waals surface area (Å²) in [5.74, 6) is -0.814. The maximum atomic E-state index is 12.1. The molecule has 2 aromatic carbocycles. The van der Waals surface area contributed by atoms with Gasteiger partial charge in [-0.25, -0.2) is 4.79 Å². The molecule has 3 N–H and O–H groups in total. The number of aryl methyl sites for hydroxylation is 1. The minimum absolute atomic E-state index is 0.0629. The van der Waals surface area contributed by atoms with Gasteiger partial charge >= 0.3 is 5.97 Å². The Morgan fingerprint density at radius 1 is 1.00 bits per heavy atom. The molecule has 0 fully saturated rings. The van der Waals surface area contributed by atoms with Crippen LogP contribution in [0.15, 0.2) is 48.5 Å². The summed E-state index contributed by atoms with van der Waals surface area (Å²) in [6.07, 6.45) is 0.543. The predicted molar refractivity (Wildman–Crippen MR) is 104 cm³/mol. The zero-order chi connectivity index (χ0) is 20.4. The van der Waals surface area contributed by atoms with Crippen LogP contribution in [0.5, 0.6) is 5.75 Å². The van der Waals surface area contributed by atoms with E-state index in [2.05, 4.69) is 10.6 Å². The van der Waals surface area contributed by atoms with Crippen molar-refractivity contribution < 1.29 is 24.2 Å². The third-order valence-electron chi connectivity index (χ3n) is 4.00. The number of hydrogen-bond acceptors (Lipinski definition) is 4. The normalized spacial score (nSPS) is 10.2. The number of nitrogens with one attached hydrogen (secondary N) is 2. The molecule has 28 heavy (non-hydrogen) atoms. The van der Waals surface area contributed by atoms with E-state index >= 15 is 0 Å². The summed E-state index contributed by atoms with van der Waals surface area (Å²) in [6.45, 7) is 2.64. The molecule has 0 aliphatic heterocycles. The number of likely N-dealkylation sites (N-methyl/N-ethyl adjacent to an activating group) is 1. The molecule has 0 radical (unpaired) electrons. The van der Waals surface area contributed by atoms with Crippen LogP contribution in [0.25, 0.3) is 0 Å². The number of benzene rings is 2. The quantitative estimate of drug-likeness (QED) is 0.582. The molecule has 2 rings (SSSR count). The molecule has 0 aliphatic carbocycles. The Labute approximate surface area is 163 Å². The van der Waals surface area contributed by atoms with Gasteiger partial charge in [0, 0.05) is 19.5 Å². The van der Waals surface area contributed by atoms with Crippen LogP contribution in [-0.2, 0) is 22.6 Å². The minimum atomic E-state index is -1.000. The Morgan fingerprint density at radius 3 is 2.54 bits per heavy atom. The van der Waals surface area contributed by atoms with Crippen molar-refractivity contribution >= 4 is 17.8 Å². The minimum Gasteiger partial charge on any atom is -0.484 e. The highest BCUT2D eigenvalue weighted by Crippen LogP contribution is 2.14. The fraction of sp³-hybridized carbons (Fsp3) is 0.286. The first kappa shape index (κ1) is 21.0. The molecule has 2 amide bonds. The van der Waals surface area contributed by atoms with Crippen molar-refractivity contribution in [2.75, 3.05) is 13.2 Å². The molecular formula is C21H24N2O5. The number of carboxylic acid groups (broad SMARTS) is 1. The van der Waals surface area contributed by atoms with E-state index in [0.29, 0.717) is 30.8 Å². The van der Waals surface area contributed by atoms with Crippen molar-refractivity contribution in [3.8, 4) is 5.75 Å². The summed E-state index contributed by atoms with van der Waals surface area (Å²) in [7, 11) is 0. The van der Waals surface area contributed by atoms with Gasteiger partial charge in [0.05, 0.1) is 5.56 Å². The second-order valence-electron chi connectivity index (χ2n) is 6.13. The van der Waals surface area contributed by atoms with Crippen molar-refractivity contribution in [2.45, 2.75) is 26.3 Å². The lowest BCUT2D eigenvalue weighted by atomic mass is 10.0. The van der Waals surface area contributed by atoms with E-state index in [1.807, 2.05) is 13.0 Å². The van der Waals surface area contributed by atoms with Crippen LogP contribution in [0.3, 0.4) is 0 Å². The molecule has 148 valence electrons. The number of carbonyl (C=O) groups excluding carboxylic acids is 2. The number of rotatable bonds is 10. The number of carboxylic acids is 1. The summed E-state index contributed by atoms with van der Waals surface area (Å²) in [4.78, 5) is 34.7. The first-order chi connectivity index (χ1) is 13.5. The fourth-order valence-electron chi connectivity index (χ4n) is 2.63. The summed E-state index contributed by atoms with van der Waals surface area (Å²) >= 11 is 0. The standard InChI is InChI=1S/C21H24N2O5/c1-2-22-20(25)14-28-17-8-5-6-15(12-17)13-23-19(24)11-10-16-7-3-4-9-18(16)21(26)27/h3-9,12H,2,10-11,13-14H2,1H3,(H,22,25)(H,23,24)(H,26,27). The maximum absolute atomic E-state index is 12.1. The van der Waals surface area contributed by atoms with Crippen LogP contribution >= 0.6 is 0 Å². The van der Waals surface area contributed by atoms with Gasteiger partial charge in [-0.2, -0.15) is 0 Å². The number of amides is 2. The summed E-state index contributed by atoms with van der Waals surface area (Å²) < 4.78 is 5.43. The van der Waals surface area contributed by atoms with Gasteiger partial charge in [-0.1, -0.05) is 30.3 Å². The molecule has 0 aromatic heterocycles. The van der Waals surface area contributed by atoms with E-state index < -0.39 is 5.97 Å². The fourth-order valence-corrected chi connectivity index (χ4v) is 2.63. The van der Waals surface area contributed by atoms with E-state index in [1.165, 1.54) is 6.07 Å². The van der Waals surface area contributed by atoms with Crippen LogP contribution in [-0.4, -0.2) is 36.0 Å². The van der Waals surface area contributed by atoms with Gasteiger partial charge in [0.2, 0.25) is 5.91 Å². The molecule has 7 nitrogen and oxygen atoms in total. The Balaban J connectivity index is 1.82. The number of hydrogen-bond donors (Lipinski definition) is 3. The van der Waals surface area contributed by atoms with Gasteiger partial charge in [0.1, 0.15) is 5.75 Å². The summed E-state index contributed by atoms with van der Waals surface area (Å²) in [6, 6.07) is 13.8. The molecule has 0 unspecified atom stereocenters. The van der Waals surface area contributed by atoms with E-state index in [4.69, 9.17) is 4.74 Å². The van der Waals surface area contributed by atoms with Crippen LogP contribution in [0, 0.1) is 0 Å². The van der Waals surface area contributed by atoms with E-state index in [0.717, 1.165) is 5.56 Å². The first-order valence-electron chi connectivity index (χ1n) is 9.06. The number of ether oxygens (including phenoxy) is 1. The average molecular weight is 384 g/mol. The van der Waals surface area contributed by atoms with E-state index in [9.17, 15) is 19.5 Å². The Morgan fingerprint density at radius 2 is 1.79 bits per heavy atom. The van der Waals surface area contributed by atoms with Crippen molar-refractivity contribution in [3.05, 3.63) is 65.2 Å². The molecule has 2 aromatic rings. The van der Waals surface area contributed by atoms with Gasteiger partial charge in [-0.15, -0.1) is 0 Å². The Kier molecular flexibility index (Phi) is 8.02. The highest BCUT2D eigenvalue weighted by molar-refractivity contribution is 5.89. The van der Waals surface area contributed by atoms with Crippen molar-refractivity contribution in [1.29, 1.82) is 0 Å². The van der Waals surface area contributed by atoms with Crippen LogP contribution in [0.2, 0.25) is 0 Å². The van der Waals surface area contributed by atoms with E-state index in [-0.39, 0.29) is 30.4 Å². The SMILES string of the molecule is CCNC(=O)COc1cccc(CNC(=O)CCc2ccccc2C(=O)O)c1. The largest absolute Gasteiger partial charge is 0.484 e. The van der Waals surface area contributed by atoms with Gasteiger partial charge in [0.25, 0.3) is 5.91 Å². The third kappa shape index (κ3) is 6.75. The Hall–Kier alpha value is -3.35. The van der Waals surface area contributed by atoms with Crippen molar-refractivity contribution in [2.24, 2.45) is 0 Å². The lowest BCUT2D eigenvalue weighted by molar-refractivity contribution is -0.123. The highest BCUT2D eigenvalue weighted by atomic mass is 16.5. The lowest BCUT2D eigenvalue weighted by Gasteiger charge is -2.10. The number of aromatic carboxylic acids is 1. The van der Waals surface area contributed by atoms with Crippen LogP contribution < -0.4 is 15.4 Å². The first-order valence-corrected chi connectivity index (χ1v) is 9.06. The molecule has 0 bridgehead atoms. The summed E-state index contributed by atoms with van der Waals surface area (Å²) in [5, 5.41) is 14.6. The van der Waals surface area contributed by atoms with Crippen molar-refractivity contribution in [1.82, 2.24) is 10.6 Å². The maximum Gasteiger partial charge on any atom is 0.335 e. The molecule has 0 aliphatic rings. The predicted octanol–water partition coefficient (Wildman–Crippen LogP) is 2.15. The van der Waals surface area contributed by atoms with Gasteiger partial charge in [-0.3, -0.25) is 9.59 Å². The van der Waals surface area contributed by atoms with Crippen molar-refractivity contribution in [3.63, 3.8) is 0 Å². The average Bonchev–Trinajstić information content (AvgIpc) is 2.70. The monoisotopic (exact) mass is 384 g/mol. The lowest BCUT2D eigenvalue weighted by Crippen LogP contribution is -2.28. The topological polar surface area (TPSA) is 105 Å². The molecule has 0 heterocycles. The molecule has 7 heteroatoms. The third-order valence-corrected chi connectivity index (χ3v) is 4.00. The smallest absolute Gasteiger partial charge is 0.335 e. The van der Waals surface area contributed by atoms with Gasteiger partial charge in [-0.05, 0) is 42.7 Å². The number of carbonyl (C=O) groups is 3. The molecule has 0 saturated carbocycles. The molecule has 0 spiro atoms. The van der Waals surface area contributed by atoms with E-state index in [1.54, 1.807) is 36.4 Å². The second-order valence-corrected chi connectivity index (χ2v) is 6.13. The summed E-state index contributed by atoms with van der Waals surface area (Å²) in [5.41, 5.74) is 1.69. The van der Waals surface area contributed by atoms with Gasteiger partial charge < -0.3 is 20.5 Å². The van der Waals surface area contributed by atoms with Gasteiger partial charge in [0.15, 0.2) is 6.61 Å². The zero-order valence-corrected chi connectivity index (χ0v) is 15.7. The molecular weight excluding hydrogens is 360 g/mol. The van der Waals surface area contributed by atoms with Crippen LogP contribution in [0.1, 0.15) is 34.8 Å².